The zero-order valence-corrected chi connectivity index (χ0v) is 25.6. The van der Waals surface area contributed by atoms with E-state index in [2.05, 4.69) is 63.8 Å². The maximum Gasteiger partial charge on any atom is 0.251 e. The SMILES string of the molecule is CCCCCc1ccc(C(=O)NCCn2cc(CCCCCc3cnc(NC(C)CCCCC)[nH]3)nn2)cc1.Cl. The molecule has 1 amide bonds. The van der Waals surface area contributed by atoms with Gasteiger partial charge in [0.05, 0.1) is 18.4 Å². The van der Waals surface area contributed by atoms with Crippen LogP contribution < -0.4 is 10.6 Å². The number of benzene rings is 1. The van der Waals surface area contributed by atoms with Gasteiger partial charge in [0.1, 0.15) is 0 Å². The van der Waals surface area contributed by atoms with Gasteiger partial charge in [-0.1, -0.05) is 69.7 Å². The maximum absolute atomic E-state index is 12.4. The van der Waals surface area contributed by atoms with Crippen molar-refractivity contribution in [2.45, 2.75) is 117 Å². The number of unbranched alkanes of at least 4 members (excludes halogenated alkanes) is 6. The van der Waals surface area contributed by atoms with Crippen LogP contribution in [0, 0.1) is 0 Å². The second-order valence-corrected chi connectivity index (χ2v) is 10.7. The molecule has 8 nitrogen and oxygen atoms in total. The summed E-state index contributed by atoms with van der Waals surface area (Å²) < 4.78 is 1.81. The number of aromatic amines is 1. The smallest absolute Gasteiger partial charge is 0.251 e. The molecular weight excluding hydrogens is 522 g/mol. The Labute approximate surface area is 246 Å². The largest absolute Gasteiger partial charge is 0.353 e. The number of H-pyrrole nitrogens is 1. The molecule has 222 valence electrons. The van der Waals surface area contributed by atoms with Crippen LogP contribution in [0.25, 0.3) is 0 Å². The van der Waals surface area contributed by atoms with Crippen molar-refractivity contribution in [1.82, 2.24) is 30.3 Å². The van der Waals surface area contributed by atoms with Gasteiger partial charge in [0.15, 0.2) is 0 Å². The van der Waals surface area contributed by atoms with Crippen molar-refractivity contribution in [3.05, 3.63) is 59.2 Å². The fraction of sp³-hybridized carbons (Fsp3) is 0.613. The summed E-state index contributed by atoms with van der Waals surface area (Å²) in [5.74, 6) is 0.842. The first kappa shape index (κ1) is 33.3. The number of amides is 1. The van der Waals surface area contributed by atoms with E-state index in [9.17, 15) is 4.79 Å². The van der Waals surface area contributed by atoms with Crippen LogP contribution in [0.4, 0.5) is 5.95 Å². The quantitative estimate of drug-likeness (QED) is 0.128. The van der Waals surface area contributed by atoms with Crippen LogP contribution in [-0.4, -0.2) is 43.5 Å². The minimum atomic E-state index is -0.0444. The Morgan fingerprint density at radius 2 is 1.68 bits per heavy atom. The predicted molar refractivity (Wildman–Crippen MR) is 166 cm³/mol. The number of carbonyl (C=O) groups excluding carboxylic acids is 1. The Balaban J connectivity index is 0.00000560. The highest BCUT2D eigenvalue weighted by Gasteiger charge is 2.08. The van der Waals surface area contributed by atoms with Crippen LogP contribution in [0.2, 0.25) is 0 Å². The number of halogens is 1. The van der Waals surface area contributed by atoms with Crippen LogP contribution in [0.1, 0.15) is 112 Å². The highest BCUT2D eigenvalue weighted by atomic mass is 35.5. The average Bonchev–Trinajstić information content (AvgIpc) is 3.58. The molecule has 0 saturated heterocycles. The normalized spacial score (nSPS) is 11.7. The summed E-state index contributed by atoms with van der Waals surface area (Å²) in [6.07, 6.45) is 18.9. The average molecular weight is 572 g/mol. The third-order valence-corrected chi connectivity index (χ3v) is 7.13. The highest BCUT2D eigenvalue weighted by molar-refractivity contribution is 5.94. The maximum atomic E-state index is 12.4. The number of imidazole rings is 1. The third kappa shape index (κ3) is 12.5. The molecule has 0 saturated carbocycles. The van der Waals surface area contributed by atoms with Crippen molar-refractivity contribution in [1.29, 1.82) is 0 Å². The van der Waals surface area contributed by atoms with Gasteiger partial charge in [-0.05, 0) is 69.6 Å². The summed E-state index contributed by atoms with van der Waals surface area (Å²) in [4.78, 5) is 20.4. The molecule has 0 aliphatic heterocycles. The van der Waals surface area contributed by atoms with Crippen LogP contribution in [-0.2, 0) is 25.8 Å². The first-order valence-electron chi connectivity index (χ1n) is 15.1. The summed E-state index contributed by atoms with van der Waals surface area (Å²) in [7, 11) is 0. The van der Waals surface area contributed by atoms with E-state index in [1.807, 2.05) is 29.2 Å². The third-order valence-electron chi connectivity index (χ3n) is 7.13. The number of anilines is 1. The molecule has 2 heterocycles. The number of rotatable bonds is 20. The number of nitrogens with one attached hydrogen (secondary N) is 3. The number of nitrogens with zero attached hydrogens (tertiary/aromatic N) is 4. The summed E-state index contributed by atoms with van der Waals surface area (Å²) in [5.41, 5.74) is 4.19. The molecule has 0 radical (unpaired) electrons. The van der Waals surface area contributed by atoms with E-state index in [-0.39, 0.29) is 18.3 Å². The number of aryl methyl sites for hydroxylation is 3. The molecule has 0 fully saturated rings. The summed E-state index contributed by atoms with van der Waals surface area (Å²) in [5, 5.41) is 15.0. The van der Waals surface area contributed by atoms with Crippen LogP contribution in [0.3, 0.4) is 0 Å². The number of hydrogen-bond donors (Lipinski definition) is 3. The van der Waals surface area contributed by atoms with Gasteiger partial charge >= 0.3 is 0 Å². The molecule has 1 atom stereocenters. The van der Waals surface area contributed by atoms with Gasteiger partial charge in [0.2, 0.25) is 5.95 Å². The Hall–Kier alpha value is -2.87. The van der Waals surface area contributed by atoms with Crippen molar-refractivity contribution in [2.24, 2.45) is 0 Å². The zero-order chi connectivity index (χ0) is 27.7. The van der Waals surface area contributed by atoms with Crippen LogP contribution >= 0.6 is 12.4 Å². The van der Waals surface area contributed by atoms with Crippen molar-refractivity contribution < 1.29 is 4.79 Å². The van der Waals surface area contributed by atoms with Gasteiger partial charge in [-0.2, -0.15) is 0 Å². The van der Waals surface area contributed by atoms with Crippen molar-refractivity contribution in [2.75, 3.05) is 11.9 Å². The first-order chi connectivity index (χ1) is 19.1. The minimum absolute atomic E-state index is 0. The molecule has 0 spiro atoms. The fourth-order valence-corrected chi connectivity index (χ4v) is 4.71. The van der Waals surface area contributed by atoms with E-state index in [0.29, 0.717) is 24.7 Å². The lowest BCUT2D eigenvalue weighted by Gasteiger charge is -2.12. The van der Waals surface area contributed by atoms with Gasteiger partial charge in [-0.3, -0.25) is 9.48 Å². The molecule has 3 N–H and O–H groups in total. The Morgan fingerprint density at radius 1 is 0.950 bits per heavy atom. The molecule has 3 rings (SSSR count). The minimum Gasteiger partial charge on any atom is -0.353 e. The predicted octanol–water partition coefficient (Wildman–Crippen LogP) is 6.92. The second kappa shape index (κ2) is 19.2. The highest BCUT2D eigenvalue weighted by Crippen LogP contribution is 2.12. The molecule has 0 bridgehead atoms. The summed E-state index contributed by atoms with van der Waals surface area (Å²) >= 11 is 0. The monoisotopic (exact) mass is 571 g/mol. The van der Waals surface area contributed by atoms with E-state index in [1.54, 1.807) is 0 Å². The Kier molecular flexibility index (Phi) is 16.0. The zero-order valence-electron chi connectivity index (χ0n) is 24.8. The van der Waals surface area contributed by atoms with Gasteiger partial charge in [0, 0.05) is 30.0 Å². The standard InChI is InChI=1S/C31H49N7O.ClH/c1-4-6-9-13-25(3)34-31-33-23-28(35-31)15-11-8-12-16-29-24-38(37-36-29)22-21-32-30(39)27-19-17-26(18-20-27)14-10-7-5-2;/h17-20,23-25H,4-16,21-22H2,1-3H3,(H,32,39)(H2,33,34,35);1H. The van der Waals surface area contributed by atoms with E-state index < -0.39 is 0 Å². The molecule has 9 heteroatoms. The van der Waals surface area contributed by atoms with Crippen molar-refractivity contribution in [3.8, 4) is 0 Å². The van der Waals surface area contributed by atoms with Gasteiger partial charge in [0.25, 0.3) is 5.91 Å². The van der Waals surface area contributed by atoms with E-state index >= 15 is 0 Å². The Bertz CT molecular complexity index is 1080. The van der Waals surface area contributed by atoms with E-state index in [0.717, 1.165) is 50.2 Å². The van der Waals surface area contributed by atoms with Crippen molar-refractivity contribution >= 4 is 24.3 Å². The lowest BCUT2D eigenvalue weighted by Crippen LogP contribution is -2.27. The molecule has 1 unspecified atom stereocenters. The number of aromatic nitrogens is 5. The van der Waals surface area contributed by atoms with E-state index in [1.165, 1.54) is 56.2 Å². The molecule has 1 aromatic carbocycles. The molecule has 3 aromatic rings. The number of carbonyl (C=O) groups is 1. The molecule has 2 aromatic heterocycles. The molecular formula is C31H50ClN7O. The number of hydrogen-bond acceptors (Lipinski definition) is 5. The Morgan fingerprint density at radius 3 is 2.45 bits per heavy atom. The lowest BCUT2D eigenvalue weighted by molar-refractivity contribution is 0.0952. The van der Waals surface area contributed by atoms with E-state index in [4.69, 9.17) is 0 Å². The fourth-order valence-electron chi connectivity index (χ4n) is 4.71. The van der Waals surface area contributed by atoms with Crippen LogP contribution in [0.5, 0.6) is 0 Å². The van der Waals surface area contributed by atoms with Crippen LogP contribution in [0.15, 0.2) is 36.7 Å². The molecule has 0 aliphatic rings. The summed E-state index contributed by atoms with van der Waals surface area (Å²) in [6, 6.07) is 8.41. The first-order valence-corrected chi connectivity index (χ1v) is 15.1. The topological polar surface area (TPSA) is 101 Å². The van der Waals surface area contributed by atoms with Crippen molar-refractivity contribution in [3.63, 3.8) is 0 Å². The van der Waals surface area contributed by atoms with Gasteiger partial charge in [-0.15, -0.1) is 17.5 Å². The summed E-state index contributed by atoms with van der Waals surface area (Å²) in [6.45, 7) is 7.81. The second-order valence-electron chi connectivity index (χ2n) is 10.7. The van der Waals surface area contributed by atoms with Gasteiger partial charge < -0.3 is 15.6 Å². The van der Waals surface area contributed by atoms with Gasteiger partial charge in [-0.25, -0.2) is 4.98 Å². The lowest BCUT2D eigenvalue weighted by atomic mass is 10.1. The molecule has 0 aliphatic carbocycles. The molecule has 40 heavy (non-hydrogen) atoms.